The van der Waals surface area contributed by atoms with Crippen molar-refractivity contribution in [1.29, 1.82) is 0 Å². The minimum absolute atomic E-state index is 0.150. The van der Waals surface area contributed by atoms with Crippen molar-refractivity contribution < 1.29 is 17.7 Å². The van der Waals surface area contributed by atoms with Crippen LogP contribution in [0.3, 0.4) is 0 Å². The highest BCUT2D eigenvalue weighted by Gasteiger charge is 2.41. The molecule has 2 aromatic rings. The van der Waals surface area contributed by atoms with E-state index in [1.807, 2.05) is 0 Å². The largest absolute Gasteiger partial charge is 0.340 e. The van der Waals surface area contributed by atoms with E-state index in [9.17, 15) is 13.2 Å². The maximum absolute atomic E-state index is 13.2. The van der Waals surface area contributed by atoms with Gasteiger partial charge in [0, 0.05) is 25.6 Å². The van der Waals surface area contributed by atoms with Crippen LogP contribution in [0.25, 0.3) is 0 Å². The number of hydrogen-bond acceptors (Lipinski definition) is 6. The lowest BCUT2D eigenvalue weighted by atomic mass is 9.94. The summed E-state index contributed by atoms with van der Waals surface area (Å²) >= 11 is 0. The Hall–Kier alpha value is -2.26. The Balaban J connectivity index is 1.58. The van der Waals surface area contributed by atoms with E-state index >= 15 is 0 Å². The molecule has 1 amide bonds. The van der Waals surface area contributed by atoms with Crippen LogP contribution in [0.15, 0.2) is 33.7 Å². The van der Waals surface area contributed by atoms with E-state index in [-0.39, 0.29) is 10.8 Å². The first-order valence-electron chi connectivity index (χ1n) is 10.9. The average Bonchev–Trinajstić information content (AvgIpc) is 3.37. The Labute approximate surface area is 183 Å². The Bertz CT molecular complexity index is 1050. The van der Waals surface area contributed by atoms with Crippen molar-refractivity contribution in [1.82, 2.24) is 19.8 Å². The molecular formula is C22H30N4O4S. The smallest absolute Gasteiger partial charge is 0.252 e. The van der Waals surface area contributed by atoms with E-state index in [1.165, 1.54) is 6.07 Å². The van der Waals surface area contributed by atoms with E-state index in [0.29, 0.717) is 42.2 Å². The summed E-state index contributed by atoms with van der Waals surface area (Å²) in [6.07, 6.45) is 4.37. The molecule has 9 heteroatoms. The second-order valence-electron chi connectivity index (χ2n) is 9.18. The van der Waals surface area contributed by atoms with Gasteiger partial charge in [-0.1, -0.05) is 37.9 Å². The molecule has 2 unspecified atom stereocenters. The van der Waals surface area contributed by atoms with Crippen molar-refractivity contribution in [3.63, 3.8) is 0 Å². The quantitative estimate of drug-likeness (QED) is 0.756. The third-order valence-corrected chi connectivity index (χ3v) is 8.16. The second kappa shape index (κ2) is 8.35. The second-order valence-corrected chi connectivity index (χ2v) is 11.1. The monoisotopic (exact) mass is 446 g/mol. The number of sulfonamides is 1. The number of carbonyl (C=O) groups excluding carboxylic acids is 1. The minimum Gasteiger partial charge on any atom is -0.340 e. The molecular weight excluding hydrogens is 416 g/mol. The lowest BCUT2D eigenvalue weighted by Gasteiger charge is -2.34. The Morgan fingerprint density at radius 2 is 1.87 bits per heavy atom. The molecule has 0 bridgehead atoms. The zero-order valence-electron chi connectivity index (χ0n) is 18.3. The molecule has 1 aromatic heterocycles. The lowest BCUT2D eigenvalue weighted by Crippen LogP contribution is -2.45. The van der Waals surface area contributed by atoms with E-state index in [4.69, 9.17) is 4.52 Å². The molecule has 31 heavy (non-hydrogen) atoms. The summed E-state index contributed by atoms with van der Waals surface area (Å²) in [6, 6.07) is 6.29. The molecule has 1 saturated heterocycles. The predicted octanol–water partition coefficient (Wildman–Crippen LogP) is 3.24. The fourth-order valence-electron chi connectivity index (χ4n) is 4.92. The zero-order valence-corrected chi connectivity index (χ0v) is 19.1. The van der Waals surface area contributed by atoms with Crippen molar-refractivity contribution >= 4 is 15.9 Å². The van der Waals surface area contributed by atoms with E-state index in [1.54, 1.807) is 29.4 Å². The number of nitrogens with one attached hydrogen (secondary N) is 1. The van der Waals surface area contributed by atoms with Gasteiger partial charge >= 0.3 is 0 Å². The maximum atomic E-state index is 13.2. The van der Waals surface area contributed by atoms with Gasteiger partial charge in [0.25, 0.3) is 5.91 Å². The zero-order chi connectivity index (χ0) is 22.2. The van der Waals surface area contributed by atoms with Gasteiger partial charge in [-0.2, -0.15) is 9.29 Å². The highest BCUT2D eigenvalue weighted by atomic mass is 32.2. The molecule has 2 fully saturated rings. The van der Waals surface area contributed by atoms with Gasteiger partial charge in [0.1, 0.15) is 5.54 Å². The van der Waals surface area contributed by atoms with Crippen molar-refractivity contribution in [2.45, 2.75) is 63.3 Å². The van der Waals surface area contributed by atoms with Gasteiger partial charge in [-0.3, -0.25) is 4.79 Å². The first-order chi connectivity index (χ1) is 14.7. The SMILES string of the molecule is Cc1nc(C2(NC(=O)c3cccc(S(=O)(=O)N4CC(C)CC(C)C4)c3)CCCC2)no1. The van der Waals surface area contributed by atoms with Gasteiger partial charge in [0.2, 0.25) is 15.9 Å². The molecule has 0 spiro atoms. The van der Waals surface area contributed by atoms with Crippen molar-refractivity contribution in [3.8, 4) is 0 Å². The molecule has 1 saturated carbocycles. The lowest BCUT2D eigenvalue weighted by molar-refractivity contribution is 0.0891. The summed E-state index contributed by atoms with van der Waals surface area (Å²) in [6.45, 7) is 6.87. The number of aromatic nitrogens is 2. The molecule has 2 atom stereocenters. The van der Waals surface area contributed by atoms with Crippen LogP contribution in [-0.2, 0) is 15.6 Å². The first-order valence-corrected chi connectivity index (χ1v) is 12.4. The summed E-state index contributed by atoms with van der Waals surface area (Å²) in [7, 11) is -3.66. The normalized spacial score (nSPS) is 24.2. The third kappa shape index (κ3) is 4.39. The topological polar surface area (TPSA) is 105 Å². The molecule has 2 aliphatic rings. The molecule has 1 aliphatic carbocycles. The summed E-state index contributed by atoms with van der Waals surface area (Å²) in [5, 5.41) is 7.12. The van der Waals surface area contributed by atoms with Crippen LogP contribution >= 0.6 is 0 Å². The van der Waals surface area contributed by atoms with Crippen molar-refractivity contribution in [2.75, 3.05) is 13.1 Å². The van der Waals surface area contributed by atoms with Gasteiger partial charge in [-0.15, -0.1) is 0 Å². The third-order valence-electron chi connectivity index (χ3n) is 6.33. The van der Waals surface area contributed by atoms with E-state index in [2.05, 4.69) is 29.3 Å². The van der Waals surface area contributed by atoms with Crippen LogP contribution in [0, 0.1) is 18.8 Å². The molecule has 1 aromatic carbocycles. The maximum Gasteiger partial charge on any atom is 0.252 e. The number of nitrogens with zero attached hydrogens (tertiary/aromatic N) is 3. The van der Waals surface area contributed by atoms with Gasteiger partial charge in [0.05, 0.1) is 4.90 Å². The minimum atomic E-state index is -3.66. The fourth-order valence-corrected chi connectivity index (χ4v) is 6.64. The van der Waals surface area contributed by atoms with Gasteiger partial charge in [-0.05, 0) is 49.3 Å². The summed E-state index contributed by atoms with van der Waals surface area (Å²) in [4.78, 5) is 17.6. The summed E-state index contributed by atoms with van der Waals surface area (Å²) in [5.74, 6) is 1.22. The number of amides is 1. The average molecular weight is 447 g/mol. The van der Waals surface area contributed by atoms with Gasteiger partial charge in [0.15, 0.2) is 5.82 Å². The summed E-state index contributed by atoms with van der Waals surface area (Å²) in [5.41, 5.74) is -0.368. The number of piperidine rings is 1. The number of rotatable bonds is 5. The van der Waals surface area contributed by atoms with Crippen LogP contribution in [-0.4, -0.2) is 41.9 Å². The van der Waals surface area contributed by atoms with Gasteiger partial charge < -0.3 is 9.84 Å². The van der Waals surface area contributed by atoms with Crippen LogP contribution in [0.1, 0.15) is 68.0 Å². The fraction of sp³-hybridized carbons (Fsp3) is 0.591. The van der Waals surface area contributed by atoms with Crippen LogP contribution in [0.5, 0.6) is 0 Å². The van der Waals surface area contributed by atoms with Gasteiger partial charge in [-0.25, -0.2) is 8.42 Å². The van der Waals surface area contributed by atoms with Crippen LogP contribution in [0.2, 0.25) is 0 Å². The molecule has 1 N–H and O–H groups in total. The summed E-state index contributed by atoms with van der Waals surface area (Å²) < 4.78 is 33.2. The van der Waals surface area contributed by atoms with Crippen molar-refractivity contribution in [2.24, 2.45) is 11.8 Å². The molecule has 4 rings (SSSR count). The number of aryl methyl sites for hydroxylation is 1. The standard InChI is InChI=1S/C22H30N4O4S/c1-15-11-16(2)14-26(13-15)31(28,29)19-8-6-7-18(12-19)20(27)24-22(9-4-5-10-22)21-23-17(3)30-25-21/h6-8,12,15-16H,4-5,9-11,13-14H2,1-3H3,(H,24,27). The molecule has 8 nitrogen and oxygen atoms in total. The van der Waals surface area contributed by atoms with Crippen LogP contribution < -0.4 is 5.32 Å². The Morgan fingerprint density at radius 3 is 2.48 bits per heavy atom. The number of hydrogen-bond donors (Lipinski definition) is 1. The van der Waals surface area contributed by atoms with Crippen LogP contribution in [0.4, 0.5) is 0 Å². The predicted molar refractivity (Wildman–Crippen MR) is 115 cm³/mol. The first kappa shape index (κ1) is 22.0. The highest BCUT2D eigenvalue weighted by molar-refractivity contribution is 7.89. The number of benzene rings is 1. The number of carbonyl (C=O) groups is 1. The molecule has 0 radical (unpaired) electrons. The Morgan fingerprint density at radius 1 is 1.19 bits per heavy atom. The van der Waals surface area contributed by atoms with Crippen molar-refractivity contribution in [3.05, 3.63) is 41.5 Å². The van der Waals surface area contributed by atoms with E-state index in [0.717, 1.165) is 32.1 Å². The van der Waals surface area contributed by atoms with E-state index < -0.39 is 15.6 Å². The molecule has 2 heterocycles. The molecule has 168 valence electrons. The highest BCUT2D eigenvalue weighted by Crippen LogP contribution is 2.37. The molecule has 1 aliphatic heterocycles. The Kier molecular flexibility index (Phi) is 5.91.